The first-order chi connectivity index (χ1) is 12.7. The minimum absolute atomic E-state index is 0.0808. The van der Waals surface area contributed by atoms with Gasteiger partial charge in [-0.1, -0.05) is 0 Å². The first kappa shape index (κ1) is 18.1. The predicted molar refractivity (Wildman–Crippen MR) is 101 cm³/mol. The third-order valence-electron chi connectivity index (χ3n) is 4.22. The van der Waals surface area contributed by atoms with E-state index >= 15 is 0 Å². The van der Waals surface area contributed by atoms with Crippen LogP contribution in [0.5, 0.6) is 0 Å². The lowest BCUT2D eigenvalue weighted by atomic mass is 10.2. The number of hydrogen-bond donors (Lipinski definition) is 2. The van der Waals surface area contributed by atoms with Gasteiger partial charge in [-0.15, -0.1) is 0 Å². The molecule has 1 aliphatic heterocycles. The van der Waals surface area contributed by atoms with Gasteiger partial charge >= 0.3 is 0 Å². The molecule has 140 valence electrons. The SMILES string of the molecule is CCNc1ccnc(NCC[C@@H]2CN(c3cnn(C)c(=O)c3)CCO2)n1. The van der Waals surface area contributed by atoms with Gasteiger partial charge < -0.3 is 20.3 Å². The second kappa shape index (κ2) is 8.61. The first-order valence-electron chi connectivity index (χ1n) is 8.86. The molecule has 0 bridgehead atoms. The minimum Gasteiger partial charge on any atom is -0.374 e. The van der Waals surface area contributed by atoms with Gasteiger partial charge in [0.2, 0.25) is 5.95 Å². The van der Waals surface area contributed by atoms with Crippen molar-refractivity contribution in [3.05, 3.63) is 34.9 Å². The van der Waals surface area contributed by atoms with Crippen LogP contribution < -0.4 is 21.1 Å². The van der Waals surface area contributed by atoms with E-state index in [9.17, 15) is 4.79 Å². The van der Waals surface area contributed by atoms with Gasteiger partial charge in [-0.05, 0) is 19.4 Å². The van der Waals surface area contributed by atoms with E-state index in [1.807, 2.05) is 13.0 Å². The number of ether oxygens (including phenoxy) is 1. The van der Waals surface area contributed by atoms with E-state index < -0.39 is 0 Å². The zero-order chi connectivity index (χ0) is 18.4. The van der Waals surface area contributed by atoms with Crippen molar-refractivity contribution < 1.29 is 4.74 Å². The molecule has 1 fully saturated rings. The highest BCUT2D eigenvalue weighted by molar-refractivity contribution is 5.43. The van der Waals surface area contributed by atoms with Crippen LogP contribution >= 0.6 is 0 Å². The molecular formula is C17H25N7O2. The summed E-state index contributed by atoms with van der Waals surface area (Å²) >= 11 is 0. The molecular weight excluding hydrogens is 334 g/mol. The third kappa shape index (κ3) is 4.69. The molecule has 1 atom stereocenters. The first-order valence-corrected chi connectivity index (χ1v) is 8.86. The summed E-state index contributed by atoms with van der Waals surface area (Å²) in [5.41, 5.74) is 0.737. The Morgan fingerprint density at radius 1 is 1.38 bits per heavy atom. The fraction of sp³-hybridized carbons (Fsp3) is 0.529. The molecule has 0 unspecified atom stereocenters. The second-order valence-electron chi connectivity index (χ2n) is 6.13. The molecule has 2 aromatic rings. The smallest absolute Gasteiger partial charge is 0.268 e. The molecule has 0 amide bonds. The van der Waals surface area contributed by atoms with Gasteiger partial charge in [-0.2, -0.15) is 10.1 Å². The number of rotatable bonds is 7. The van der Waals surface area contributed by atoms with Gasteiger partial charge in [-0.25, -0.2) is 9.67 Å². The summed E-state index contributed by atoms with van der Waals surface area (Å²) in [6, 6.07) is 3.46. The summed E-state index contributed by atoms with van der Waals surface area (Å²) in [4.78, 5) is 22.5. The molecule has 2 aromatic heterocycles. The number of anilines is 3. The maximum absolute atomic E-state index is 11.8. The van der Waals surface area contributed by atoms with Crippen molar-refractivity contribution in [1.29, 1.82) is 0 Å². The fourth-order valence-corrected chi connectivity index (χ4v) is 2.83. The van der Waals surface area contributed by atoms with E-state index in [2.05, 4.69) is 30.6 Å². The average Bonchev–Trinajstić information content (AvgIpc) is 2.65. The van der Waals surface area contributed by atoms with Crippen molar-refractivity contribution >= 4 is 17.5 Å². The van der Waals surface area contributed by atoms with Crippen LogP contribution in [0.3, 0.4) is 0 Å². The second-order valence-corrected chi connectivity index (χ2v) is 6.13. The molecule has 3 heterocycles. The van der Waals surface area contributed by atoms with Crippen molar-refractivity contribution in [1.82, 2.24) is 19.7 Å². The summed E-state index contributed by atoms with van der Waals surface area (Å²) in [6.07, 6.45) is 4.36. The summed E-state index contributed by atoms with van der Waals surface area (Å²) in [5, 5.41) is 10.5. The lowest BCUT2D eigenvalue weighted by Gasteiger charge is -2.34. The summed E-state index contributed by atoms with van der Waals surface area (Å²) in [5.74, 6) is 1.41. The fourth-order valence-electron chi connectivity index (χ4n) is 2.83. The molecule has 1 saturated heterocycles. The van der Waals surface area contributed by atoms with Gasteiger partial charge in [0.25, 0.3) is 5.56 Å². The monoisotopic (exact) mass is 359 g/mol. The zero-order valence-corrected chi connectivity index (χ0v) is 15.2. The van der Waals surface area contributed by atoms with Crippen molar-refractivity contribution in [2.75, 3.05) is 48.3 Å². The summed E-state index contributed by atoms with van der Waals surface area (Å²) in [6.45, 7) is 5.68. The highest BCUT2D eigenvalue weighted by Crippen LogP contribution is 2.16. The van der Waals surface area contributed by atoms with Gasteiger partial charge in [0.05, 0.1) is 24.6 Å². The standard InChI is InChI=1S/C17H25N7O2/c1-3-18-15-5-7-20-17(22-15)19-6-4-14-12-24(8-9-26-14)13-10-16(25)23(2)21-11-13/h5,7,10-11,14H,3-4,6,8-9,12H2,1-2H3,(H2,18,19,20,22)/t14-/m1/s1. The number of hydrogen-bond acceptors (Lipinski definition) is 8. The van der Waals surface area contributed by atoms with Crippen LogP contribution in [-0.4, -0.2) is 58.6 Å². The third-order valence-corrected chi connectivity index (χ3v) is 4.22. The highest BCUT2D eigenvalue weighted by atomic mass is 16.5. The number of aromatic nitrogens is 4. The number of nitrogens with zero attached hydrogens (tertiary/aromatic N) is 5. The molecule has 9 heteroatoms. The Bertz CT molecular complexity index is 780. The Morgan fingerprint density at radius 2 is 2.27 bits per heavy atom. The van der Waals surface area contributed by atoms with Crippen LogP contribution in [0.2, 0.25) is 0 Å². The van der Waals surface area contributed by atoms with Crippen molar-refractivity contribution in [2.45, 2.75) is 19.4 Å². The van der Waals surface area contributed by atoms with E-state index in [-0.39, 0.29) is 11.7 Å². The maximum atomic E-state index is 11.8. The van der Waals surface area contributed by atoms with Gasteiger partial charge in [0, 0.05) is 45.5 Å². The van der Waals surface area contributed by atoms with E-state index in [0.717, 1.165) is 37.6 Å². The molecule has 1 aliphatic rings. The van der Waals surface area contributed by atoms with E-state index in [1.165, 1.54) is 4.68 Å². The normalized spacial score (nSPS) is 17.2. The van der Waals surface area contributed by atoms with Crippen LogP contribution in [-0.2, 0) is 11.8 Å². The van der Waals surface area contributed by atoms with E-state index in [0.29, 0.717) is 19.1 Å². The van der Waals surface area contributed by atoms with Crippen molar-refractivity contribution in [3.8, 4) is 0 Å². The molecule has 0 spiro atoms. The van der Waals surface area contributed by atoms with Crippen LogP contribution in [0.25, 0.3) is 0 Å². The highest BCUT2D eigenvalue weighted by Gasteiger charge is 2.21. The number of aryl methyl sites for hydroxylation is 1. The Hall–Kier alpha value is -2.68. The van der Waals surface area contributed by atoms with Crippen molar-refractivity contribution in [3.63, 3.8) is 0 Å². The lowest BCUT2D eigenvalue weighted by Crippen LogP contribution is -2.43. The minimum atomic E-state index is -0.107. The van der Waals surface area contributed by atoms with Crippen LogP contribution in [0.1, 0.15) is 13.3 Å². The largest absolute Gasteiger partial charge is 0.374 e. The Balaban J connectivity index is 1.51. The molecule has 0 aliphatic carbocycles. The molecule has 0 saturated carbocycles. The topological polar surface area (TPSA) is 97.2 Å². The zero-order valence-electron chi connectivity index (χ0n) is 15.2. The van der Waals surface area contributed by atoms with Gasteiger partial charge in [0.15, 0.2) is 0 Å². The van der Waals surface area contributed by atoms with Crippen LogP contribution in [0.4, 0.5) is 17.5 Å². The number of nitrogens with one attached hydrogen (secondary N) is 2. The van der Waals surface area contributed by atoms with Gasteiger partial charge in [0.1, 0.15) is 5.82 Å². The lowest BCUT2D eigenvalue weighted by molar-refractivity contribution is 0.0374. The predicted octanol–water partition coefficient (Wildman–Crippen LogP) is 0.710. The van der Waals surface area contributed by atoms with Crippen LogP contribution in [0, 0.1) is 0 Å². The van der Waals surface area contributed by atoms with E-state index in [1.54, 1.807) is 25.5 Å². The Morgan fingerprint density at radius 3 is 3.08 bits per heavy atom. The summed E-state index contributed by atoms with van der Waals surface area (Å²) < 4.78 is 7.17. The number of morpholine rings is 1. The average molecular weight is 359 g/mol. The Kier molecular flexibility index (Phi) is 6.00. The molecule has 26 heavy (non-hydrogen) atoms. The van der Waals surface area contributed by atoms with Crippen LogP contribution in [0.15, 0.2) is 29.3 Å². The maximum Gasteiger partial charge on any atom is 0.268 e. The molecule has 9 nitrogen and oxygen atoms in total. The van der Waals surface area contributed by atoms with Crippen molar-refractivity contribution in [2.24, 2.45) is 7.05 Å². The quantitative estimate of drug-likeness (QED) is 0.746. The summed E-state index contributed by atoms with van der Waals surface area (Å²) in [7, 11) is 1.65. The Labute approximate surface area is 152 Å². The molecule has 0 aromatic carbocycles. The van der Waals surface area contributed by atoms with E-state index in [4.69, 9.17) is 4.74 Å². The molecule has 0 radical (unpaired) electrons. The molecule has 3 rings (SSSR count). The van der Waals surface area contributed by atoms with Gasteiger partial charge in [-0.3, -0.25) is 4.79 Å². The molecule has 2 N–H and O–H groups in total.